The van der Waals surface area contributed by atoms with Crippen LogP contribution in [-0.4, -0.2) is 13.9 Å². The molecule has 2 heteroatoms. The minimum atomic E-state index is -0.916. The highest BCUT2D eigenvalue weighted by Crippen LogP contribution is 2.36. The molecule has 0 heterocycles. The Morgan fingerprint density at radius 1 is 1.22 bits per heavy atom. The van der Waals surface area contributed by atoms with Crippen LogP contribution in [0.1, 0.15) is 20.8 Å². The first-order chi connectivity index (χ1) is 3.81. The molecule has 0 saturated heterocycles. The summed E-state index contributed by atoms with van der Waals surface area (Å²) in [6.45, 7) is 11.9. The first-order valence-electron chi connectivity index (χ1n) is 3.51. The van der Waals surface area contributed by atoms with Crippen LogP contribution < -0.4 is 0 Å². The molecule has 0 amide bonds. The van der Waals surface area contributed by atoms with Crippen LogP contribution in [0.25, 0.3) is 0 Å². The summed E-state index contributed by atoms with van der Waals surface area (Å²) in [5.41, 5.74) is 0. The van der Waals surface area contributed by atoms with E-state index < -0.39 is 8.07 Å². The highest BCUT2D eigenvalue weighted by atomic mass is 31.0. The predicted octanol–water partition coefficient (Wildman–Crippen LogP) is 2.91. The van der Waals surface area contributed by atoms with E-state index in [0.717, 1.165) is 0 Å². The third-order valence-electron chi connectivity index (χ3n) is 2.54. The molecule has 0 radical (unpaired) electrons. The van der Waals surface area contributed by atoms with Crippen molar-refractivity contribution >= 4 is 17.3 Å². The van der Waals surface area contributed by atoms with Gasteiger partial charge in [-0.3, -0.25) is 0 Å². The van der Waals surface area contributed by atoms with Gasteiger partial charge in [-0.15, -0.1) is 9.24 Å². The Balaban J connectivity index is 4.14. The van der Waals surface area contributed by atoms with Gasteiger partial charge >= 0.3 is 0 Å². The van der Waals surface area contributed by atoms with Crippen LogP contribution in [0.5, 0.6) is 0 Å². The first-order valence-corrected chi connectivity index (χ1v) is 7.54. The lowest BCUT2D eigenvalue weighted by molar-refractivity contribution is 0.723. The third-order valence-corrected chi connectivity index (χ3v) is 10.7. The van der Waals surface area contributed by atoms with Crippen molar-refractivity contribution < 1.29 is 0 Å². The smallest absolute Gasteiger partial charge is 0.0565 e. The van der Waals surface area contributed by atoms with Crippen molar-refractivity contribution in [3.05, 3.63) is 0 Å². The maximum absolute atomic E-state index is 2.87. The molecule has 0 aliphatic carbocycles. The third kappa shape index (κ3) is 2.39. The van der Waals surface area contributed by atoms with Gasteiger partial charge < -0.3 is 0 Å². The second kappa shape index (κ2) is 2.71. The Kier molecular flexibility index (Phi) is 2.91. The van der Waals surface area contributed by atoms with Crippen molar-refractivity contribution in [3.8, 4) is 0 Å². The zero-order chi connectivity index (χ0) is 7.71. The Bertz CT molecular complexity index is 91.6. The quantitative estimate of drug-likeness (QED) is 0.411. The SMILES string of the molecule is CC(C)(C)[Si](C)(C)CP. The Morgan fingerprint density at radius 3 is 1.56 bits per heavy atom. The van der Waals surface area contributed by atoms with Gasteiger partial charge in [0.15, 0.2) is 0 Å². The summed E-state index contributed by atoms with van der Waals surface area (Å²) in [5, 5.41) is 0.564. The largest absolute Gasteiger partial charge is 0.140 e. The van der Waals surface area contributed by atoms with Gasteiger partial charge in [0, 0.05) is 0 Å². The van der Waals surface area contributed by atoms with Crippen molar-refractivity contribution in [1.29, 1.82) is 0 Å². The summed E-state index contributed by atoms with van der Waals surface area (Å²) in [6.07, 6.45) is 0. The summed E-state index contributed by atoms with van der Waals surface area (Å²) < 4.78 is 0. The van der Waals surface area contributed by atoms with E-state index in [9.17, 15) is 0 Å². The molecule has 0 aliphatic rings. The van der Waals surface area contributed by atoms with Crippen LogP contribution in [0.3, 0.4) is 0 Å². The van der Waals surface area contributed by atoms with Gasteiger partial charge in [-0.2, -0.15) is 0 Å². The molecule has 0 bridgehead atoms. The maximum Gasteiger partial charge on any atom is 0.0565 e. The highest BCUT2D eigenvalue weighted by Gasteiger charge is 2.32. The lowest BCUT2D eigenvalue weighted by Gasteiger charge is -2.35. The fourth-order valence-electron chi connectivity index (χ4n) is 0.306. The predicted molar refractivity (Wildman–Crippen MR) is 51.8 cm³/mol. The van der Waals surface area contributed by atoms with Gasteiger partial charge in [0.05, 0.1) is 8.07 Å². The fourth-order valence-corrected chi connectivity index (χ4v) is 2.76. The zero-order valence-corrected chi connectivity index (χ0v) is 9.44. The van der Waals surface area contributed by atoms with E-state index in [-0.39, 0.29) is 0 Å². The molecule has 0 fully saturated rings. The number of rotatable bonds is 1. The molecule has 1 atom stereocenters. The molecule has 1 unspecified atom stereocenters. The molecular weight excluding hydrogens is 143 g/mol. The minimum absolute atomic E-state index is 0.564. The van der Waals surface area contributed by atoms with Gasteiger partial charge in [-0.1, -0.05) is 33.9 Å². The van der Waals surface area contributed by atoms with E-state index >= 15 is 0 Å². The fraction of sp³-hybridized carbons (Fsp3) is 1.00. The van der Waals surface area contributed by atoms with Crippen LogP contribution in [0.15, 0.2) is 0 Å². The number of hydrogen-bond acceptors (Lipinski definition) is 0. The van der Waals surface area contributed by atoms with Gasteiger partial charge in [0.25, 0.3) is 0 Å². The molecule has 9 heavy (non-hydrogen) atoms. The highest BCUT2D eigenvalue weighted by molar-refractivity contribution is 7.23. The first kappa shape index (κ1) is 9.65. The zero-order valence-electron chi connectivity index (χ0n) is 7.28. The van der Waals surface area contributed by atoms with Crippen molar-refractivity contribution in [2.75, 3.05) is 5.79 Å². The average molecular weight is 162 g/mol. The van der Waals surface area contributed by atoms with Crippen molar-refractivity contribution in [1.82, 2.24) is 0 Å². The van der Waals surface area contributed by atoms with Crippen LogP contribution in [0, 0.1) is 0 Å². The van der Waals surface area contributed by atoms with Crippen LogP contribution >= 0.6 is 9.24 Å². The van der Waals surface area contributed by atoms with E-state index in [0.29, 0.717) is 5.04 Å². The van der Waals surface area contributed by atoms with E-state index in [1.165, 1.54) is 5.79 Å². The Morgan fingerprint density at radius 2 is 1.56 bits per heavy atom. The van der Waals surface area contributed by atoms with Gasteiger partial charge in [-0.25, -0.2) is 0 Å². The summed E-state index contributed by atoms with van der Waals surface area (Å²) in [5.74, 6) is 1.32. The monoisotopic (exact) mass is 162 g/mol. The van der Waals surface area contributed by atoms with Crippen LogP contribution in [0.2, 0.25) is 18.1 Å². The van der Waals surface area contributed by atoms with Crippen molar-refractivity contribution in [2.45, 2.75) is 38.9 Å². The molecular formula is C7H19PSi. The van der Waals surface area contributed by atoms with E-state index in [1.54, 1.807) is 0 Å². The van der Waals surface area contributed by atoms with Gasteiger partial charge in [-0.05, 0) is 10.8 Å². The van der Waals surface area contributed by atoms with E-state index in [2.05, 4.69) is 43.1 Å². The van der Waals surface area contributed by atoms with Crippen molar-refractivity contribution in [2.24, 2.45) is 0 Å². The van der Waals surface area contributed by atoms with E-state index in [4.69, 9.17) is 0 Å². The Labute approximate surface area is 62.6 Å². The summed E-state index contributed by atoms with van der Waals surface area (Å²) in [6, 6.07) is 0. The second-order valence-corrected chi connectivity index (χ2v) is 11.2. The summed E-state index contributed by atoms with van der Waals surface area (Å²) in [7, 11) is 1.96. The molecule has 0 spiro atoms. The molecule has 0 nitrogen and oxygen atoms in total. The molecule has 0 aromatic rings. The summed E-state index contributed by atoms with van der Waals surface area (Å²) in [4.78, 5) is 0. The molecule has 0 rings (SSSR count). The molecule has 56 valence electrons. The number of hydrogen-bond donors (Lipinski definition) is 0. The van der Waals surface area contributed by atoms with Crippen LogP contribution in [-0.2, 0) is 0 Å². The van der Waals surface area contributed by atoms with E-state index in [1.807, 2.05) is 0 Å². The molecule has 0 aliphatic heterocycles. The van der Waals surface area contributed by atoms with Gasteiger partial charge in [0.2, 0.25) is 0 Å². The lowest BCUT2D eigenvalue weighted by atomic mass is 10.2. The normalized spacial score (nSPS) is 14.0. The molecule has 0 saturated carbocycles. The molecule has 0 N–H and O–H groups in total. The average Bonchev–Trinajstić information content (AvgIpc) is 1.64. The van der Waals surface area contributed by atoms with Crippen molar-refractivity contribution in [3.63, 3.8) is 0 Å². The second-order valence-electron chi connectivity index (χ2n) is 4.34. The molecule has 0 aromatic heterocycles. The molecule has 0 aromatic carbocycles. The lowest BCUT2D eigenvalue weighted by Crippen LogP contribution is -2.39. The topological polar surface area (TPSA) is 0 Å². The summed E-state index contributed by atoms with van der Waals surface area (Å²) >= 11 is 0. The minimum Gasteiger partial charge on any atom is -0.140 e. The Hall–Kier alpha value is 0.647. The van der Waals surface area contributed by atoms with Gasteiger partial charge in [0.1, 0.15) is 0 Å². The maximum atomic E-state index is 2.87. The van der Waals surface area contributed by atoms with Crippen LogP contribution in [0.4, 0.5) is 0 Å². The standard InChI is InChI=1S/C7H19PSi/c1-7(2,3)9(4,5)6-8/h6,8H2,1-5H3.